The van der Waals surface area contributed by atoms with Crippen molar-refractivity contribution in [3.05, 3.63) is 50.4 Å². The molecule has 2 rings (SSSR count). The van der Waals surface area contributed by atoms with Gasteiger partial charge in [-0.15, -0.1) is 11.3 Å². The van der Waals surface area contributed by atoms with Crippen LogP contribution in [-0.2, 0) is 0 Å². The molecule has 0 atom stereocenters. The van der Waals surface area contributed by atoms with Crippen LogP contribution in [0.25, 0.3) is 0 Å². The van der Waals surface area contributed by atoms with Gasteiger partial charge in [0, 0.05) is 5.02 Å². The van der Waals surface area contributed by atoms with E-state index < -0.39 is 17.7 Å². The van der Waals surface area contributed by atoms with Crippen molar-refractivity contribution in [2.45, 2.75) is 6.92 Å². The monoisotopic (exact) mass is 313 g/mol. The van der Waals surface area contributed by atoms with Crippen molar-refractivity contribution < 1.29 is 19.1 Å². The maximum absolute atomic E-state index is 13.6. The van der Waals surface area contributed by atoms with Crippen LogP contribution in [0.4, 0.5) is 10.1 Å². The average Bonchev–Trinajstić information content (AvgIpc) is 2.71. The Morgan fingerprint density at radius 3 is 2.70 bits per heavy atom. The van der Waals surface area contributed by atoms with E-state index in [0.29, 0.717) is 5.56 Å². The van der Waals surface area contributed by atoms with Crippen LogP contribution in [-0.4, -0.2) is 17.0 Å². The molecule has 1 amide bonds. The summed E-state index contributed by atoms with van der Waals surface area (Å²) < 4.78 is 13.6. The van der Waals surface area contributed by atoms with Crippen molar-refractivity contribution in [3.8, 4) is 0 Å². The van der Waals surface area contributed by atoms with Gasteiger partial charge in [0.25, 0.3) is 5.91 Å². The molecule has 0 unspecified atom stereocenters. The first-order chi connectivity index (χ1) is 9.40. The number of hydrogen-bond acceptors (Lipinski definition) is 3. The minimum absolute atomic E-state index is 0.00483. The molecule has 0 fully saturated rings. The molecular formula is C13H9ClFNO3S. The van der Waals surface area contributed by atoms with E-state index in [9.17, 15) is 14.0 Å². The van der Waals surface area contributed by atoms with Gasteiger partial charge in [0.1, 0.15) is 10.7 Å². The molecular weight excluding hydrogens is 305 g/mol. The van der Waals surface area contributed by atoms with Crippen molar-refractivity contribution in [1.29, 1.82) is 0 Å². The maximum Gasteiger partial charge on any atom is 0.348 e. The number of halogens is 2. The standard InChI is InChI=1S/C13H9ClFNO3S/c1-6-5-20-11(13(18)19)10(6)16-12(17)8-3-2-7(14)4-9(8)15/h2-5H,1H3,(H,16,17)(H,18,19). The Morgan fingerprint density at radius 2 is 2.10 bits per heavy atom. The van der Waals surface area contributed by atoms with Crippen molar-refractivity contribution >= 4 is 40.5 Å². The van der Waals surface area contributed by atoms with E-state index in [1.54, 1.807) is 12.3 Å². The van der Waals surface area contributed by atoms with Crippen LogP contribution in [0.1, 0.15) is 25.6 Å². The summed E-state index contributed by atoms with van der Waals surface area (Å²) in [6.45, 7) is 1.66. The second kappa shape index (κ2) is 5.60. The van der Waals surface area contributed by atoms with Crippen LogP contribution in [0.3, 0.4) is 0 Å². The lowest BCUT2D eigenvalue weighted by Gasteiger charge is -2.07. The quantitative estimate of drug-likeness (QED) is 0.905. The van der Waals surface area contributed by atoms with Crippen molar-refractivity contribution in [3.63, 3.8) is 0 Å². The fourth-order valence-electron chi connectivity index (χ4n) is 1.61. The number of amides is 1. The molecule has 0 saturated heterocycles. The Morgan fingerprint density at radius 1 is 1.40 bits per heavy atom. The van der Waals surface area contributed by atoms with Gasteiger partial charge in [0.15, 0.2) is 0 Å². The summed E-state index contributed by atoms with van der Waals surface area (Å²) in [5.74, 6) is -2.63. The van der Waals surface area contributed by atoms with Gasteiger partial charge in [-0.05, 0) is 36.1 Å². The highest BCUT2D eigenvalue weighted by Gasteiger charge is 2.19. The third-order valence-electron chi connectivity index (χ3n) is 2.58. The smallest absolute Gasteiger partial charge is 0.348 e. The lowest BCUT2D eigenvalue weighted by atomic mass is 10.2. The molecule has 0 radical (unpaired) electrons. The Balaban J connectivity index is 2.33. The average molecular weight is 314 g/mol. The van der Waals surface area contributed by atoms with Crippen LogP contribution in [0, 0.1) is 12.7 Å². The molecule has 0 spiro atoms. The molecule has 0 aliphatic heterocycles. The van der Waals surface area contributed by atoms with Gasteiger partial charge < -0.3 is 10.4 Å². The topological polar surface area (TPSA) is 66.4 Å². The minimum atomic E-state index is -1.14. The second-order valence-corrected chi connectivity index (χ2v) is 5.32. The number of aromatic carboxylic acids is 1. The van der Waals surface area contributed by atoms with Gasteiger partial charge in [0.05, 0.1) is 11.3 Å². The van der Waals surface area contributed by atoms with E-state index >= 15 is 0 Å². The Kier molecular flexibility index (Phi) is 4.06. The highest BCUT2D eigenvalue weighted by Crippen LogP contribution is 2.28. The predicted octanol–water partition coefficient (Wildman–Crippen LogP) is 3.80. The lowest BCUT2D eigenvalue weighted by molar-refractivity contribution is 0.0703. The fraction of sp³-hybridized carbons (Fsp3) is 0.0769. The highest BCUT2D eigenvalue weighted by atomic mass is 35.5. The largest absolute Gasteiger partial charge is 0.477 e. The van der Waals surface area contributed by atoms with Crippen LogP contribution < -0.4 is 5.32 Å². The van der Waals surface area contributed by atoms with Gasteiger partial charge in [-0.25, -0.2) is 9.18 Å². The second-order valence-electron chi connectivity index (χ2n) is 4.01. The van der Waals surface area contributed by atoms with Gasteiger partial charge in [-0.3, -0.25) is 4.79 Å². The predicted molar refractivity (Wildman–Crippen MR) is 75.4 cm³/mol. The number of nitrogens with one attached hydrogen (secondary N) is 1. The molecule has 104 valence electrons. The molecule has 20 heavy (non-hydrogen) atoms. The minimum Gasteiger partial charge on any atom is -0.477 e. The fourth-order valence-corrected chi connectivity index (χ4v) is 2.61. The lowest BCUT2D eigenvalue weighted by Crippen LogP contribution is -2.15. The molecule has 0 bridgehead atoms. The maximum atomic E-state index is 13.6. The van der Waals surface area contributed by atoms with E-state index in [-0.39, 0.29) is 21.2 Å². The molecule has 7 heteroatoms. The number of benzene rings is 1. The van der Waals surface area contributed by atoms with E-state index in [1.807, 2.05) is 0 Å². The first kappa shape index (κ1) is 14.5. The van der Waals surface area contributed by atoms with Crippen molar-refractivity contribution in [2.75, 3.05) is 5.32 Å². The summed E-state index contributed by atoms with van der Waals surface area (Å²) >= 11 is 6.61. The van der Waals surface area contributed by atoms with Crippen LogP contribution in [0.5, 0.6) is 0 Å². The zero-order valence-electron chi connectivity index (χ0n) is 10.2. The molecule has 2 aromatic rings. The number of carboxylic acids is 1. The van der Waals surface area contributed by atoms with E-state index in [4.69, 9.17) is 16.7 Å². The molecule has 1 heterocycles. The summed E-state index contributed by atoms with van der Waals surface area (Å²) in [6.07, 6.45) is 0. The van der Waals surface area contributed by atoms with Crippen molar-refractivity contribution in [1.82, 2.24) is 0 Å². The number of thiophene rings is 1. The Bertz CT molecular complexity index is 699. The zero-order valence-corrected chi connectivity index (χ0v) is 11.8. The summed E-state index contributed by atoms with van der Waals surface area (Å²) in [5.41, 5.74) is 0.591. The van der Waals surface area contributed by atoms with E-state index in [0.717, 1.165) is 17.4 Å². The molecule has 4 nitrogen and oxygen atoms in total. The van der Waals surface area contributed by atoms with Crippen LogP contribution in [0.15, 0.2) is 23.6 Å². The third-order valence-corrected chi connectivity index (χ3v) is 3.90. The van der Waals surface area contributed by atoms with E-state index in [1.165, 1.54) is 12.1 Å². The number of carboxylic acid groups (broad SMARTS) is 1. The van der Waals surface area contributed by atoms with Crippen LogP contribution >= 0.6 is 22.9 Å². The molecule has 1 aromatic carbocycles. The number of rotatable bonds is 3. The number of aryl methyl sites for hydroxylation is 1. The number of carbonyl (C=O) groups excluding carboxylic acids is 1. The SMILES string of the molecule is Cc1csc(C(=O)O)c1NC(=O)c1ccc(Cl)cc1F. The van der Waals surface area contributed by atoms with Gasteiger partial charge >= 0.3 is 5.97 Å². The number of carbonyl (C=O) groups is 2. The summed E-state index contributed by atoms with van der Waals surface area (Å²) in [5, 5.41) is 13.2. The Labute approximate surface area is 122 Å². The summed E-state index contributed by atoms with van der Waals surface area (Å²) in [6, 6.07) is 3.66. The third kappa shape index (κ3) is 2.81. The summed E-state index contributed by atoms with van der Waals surface area (Å²) in [4.78, 5) is 23.0. The summed E-state index contributed by atoms with van der Waals surface area (Å²) in [7, 11) is 0. The number of anilines is 1. The first-order valence-corrected chi connectivity index (χ1v) is 6.73. The van der Waals surface area contributed by atoms with Crippen LogP contribution in [0.2, 0.25) is 5.02 Å². The molecule has 0 aliphatic rings. The molecule has 2 N–H and O–H groups in total. The molecule has 0 aliphatic carbocycles. The first-order valence-electron chi connectivity index (χ1n) is 5.48. The van der Waals surface area contributed by atoms with Crippen molar-refractivity contribution in [2.24, 2.45) is 0 Å². The normalized spacial score (nSPS) is 10.3. The zero-order chi connectivity index (χ0) is 14.9. The Hall–Kier alpha value is -1.92. The molecule has 1 aromatic heterocycles. The number of hydrogen-bond donors (Lipinski definition) is 2. The van der Waals surface area contributed by atoms with Gasteiger partial charge in [-0.2, -0.15) is 0 Å². The van der Waals surface area contributed by atoms with Gasteiger partial charge in [0.2, 0.25) is 0 Å². The molecule has 0 saturated carbocycles. The highest BCUT2D eigenvalue weighted by molar-refractivity contribution is 7.12. The van der Waals surface area contributed by atoms with Gasteiger partial charge in [-0.1, -0.05) is 11.6 Å². The van der Waals surface area contributed by atoms with E-state index in [2.05, 4.69) is 5.32 Å².